The molecule has 2 aliphatic rings. The van der Waals surface area contributed by atoms with E-state index in [1.54, 1.807) is 0 Å². The lowest BCUT2D eigenvalue weighted by Crippen LogP contribution is -2.24. The number of carbonyl (C=O) groups excluding carboxylic acids is 2. The molecule has 2 saturated heterocycles. The molecule has 114 valence electrons. The van der Waals surface area contributed by atoms with Crippen LogP contribution in [0.3, 0.4) is 0 Å². The van der Waals surface area contributed by atoms with Gasteiger partial charge in [0.05, 0.1) is 0 Å². The molecule has 0 spiro atoms. The van der Waals surface area contributed by atoms with Crippen molar-refractivity contribution in [3.05, 3.63) is 0 Å². The van der Waals surface area contributed by atoms with E-state index in [-0.39, 0.29) is 8.89 Å². The average molecular weight is 353 g/mol. The van der Waals surface area contributed by atoms with Crippen LogP contribution in [0.2, 0.25) is 0 Å². The van der Waals surface area contributed by atoms with Gasteiger partial charge in [0.1, 0.15) is 0 Å². The van der Waals surface area contributed by atoms with E-state index in [9.17, 15) is 9.59 Å². The van der Waals surface area contributed by atoms with Gasteiger partial charge in [0, 0.05) is 71.7 Å². The van der Waals surface area contributed by atoms with Crippen molar-refractivity contribution in [2.75, 3.05) is 26.2 Å². The zero-order valence-electron chi connectivity index (χ0n) is 11.4. The van der Waals surface area contributed by atoms with Crippen molar-refractivity contribution in [3.8, 4) is 0 Å². The van der Waals surface area contributed by atoms with Crippen molar-refractivity contribution in [2.45, 2.75) is 38.5 Å². The van der Waals surface area contributed by atoms with E-state index in [2.05, 4.69) is 8.61 Å². The van der Waals surface area contributed by atoms with Gasteiger partial charge in [-0.1, -0.05) is 12.8 Å². The van der Waals surface area contributed by atoms with Crippen molar-refractivity contribution in [1.82, 2.24) is 8.61 Å². The molecule has 0 amide bonds. The Morgan fingerprint density at radius 3 is 1.30 bits per heavy atom. The van der Waals surface area contributed by atoms with Crippen LogP contribution in [0.25, 0.3) is 0 Å². The molecule has 2 aliphatic heterocycles. The lowest BCUT2D eigenvalue weighted by molar-refractivity contribution is 0.274. The maximum Gasteiger partial charge on any atom is 0.272 e. The Balaban J connectivity index is 1.58. The number of hydrogen-bond acceptors (Lipinski definition) is 8. The van der Waals surface area contributed by atoms with Crippen LogP contribution in [-0.4, -0.2) is 43.7 Å². The number of hydrogen-bond donors (Lipinski definition) is 0. The molecule has 2 rings (SSSR count). The van der Waals surface area contributed by atoms with Gasteiger partial charge in [-0.2, -0.15) is 0 Å². The van der Waals surface area contributed by atoms with Gasteiger partial charge in [0.25, 0.3) is 8.89 Å². The molecule has 0 aromatic carbocycles. The van der Waals surface area contributed by atoms with Crippen LogP contribution in [0, 0.1) is 0 Å². The smallest absolute Gasteiger partial charge is 0.272 e. The van der Waals surface area contributed by atoms with E-state index >= 15 is 0 Å². The summed E-state index contributed by atoms with van der Waals surface area (Å²) in [4.78, 5) is 23.6. The van der Waals surface area contributed by atoms with Crippen LogP contribution in [0.15, 0.2) is 0 Å². The van der Waals surface area contributed by atoms with Crippen molar-refractivity contribution in [2.24, 2.45) is 0 Å². The zero-order valence-corrected chi connectivity index (χ0v) is 14.7. The summed E-state index contributed by atoms with van der Waals surface area (Å²) in [7, 11) is 2.14. The van der Waals surface area contributed by atoms with E-state index in [1.807, 2.05) is 0 Å². The lowest BCUT2D eigenvalue weighted by atomic mass is 10.2. The van der Waals surface area contributed by atoms with Gasteiger partial charge in [-0.05, 0) is 25.7 Å². The number of carbonyl (C=O) groups is 2. The monoisotopic (exact) mass is 352 g/mol. The predicted molar refractivity (Wildman–Crippen MR) is 92.0 cm³/mol. The summed E-state index contributed by atoms with van der Waals surface area (Å²) in [6.45, 7) is 3.94. The van der Waals surface area contributed by atoms with Gasteiger partial charge in [-0.15, -0.1) is 0 Å². The largest absolute Gasteiger partial charge is 0.272 e. The maximum atomic E-state index is 11.8. The summed E-state index contributed by atoms with van der Waals surface area (Å²) in [5, 5.41) is 0. The summed E-state index contributed by atoms with van der Waals surface area (Å²) in [6, 6.07) is 0. The molecular formula is C12H20N2O2S4. The maximum absolute atomic E-state index is 11.8. The minimum absolute atomic E-state index is 0.0181. The summed E-state index contributed by atoms with van der Waals surface area (Å²) >= 11 is 2.54. The fraction of sp³-hybridized carbons (Fsp3) is 0.833. The third-order valence-electron chi connectivity index (χ3n) is 3.22. The molecule has 8 heteroatoms. The first-order valence-corrected chi connectivity index (χ1v) is 10.7. The molecule has 0 bridgehead atoms. The molecule has 2 fully saturated rings. The number of piperidine rings is 2. The van der Waals surface area contributed by atoms with Crippen LogP contribution in [0.5, 0.6) is 0 Å². The van der Waals surface area contributed by atoms with Crippen LogP contribution < -0.4 is 0 Å². The minimum Gasteiger partial charge on any atom is -0.272 e. The summed E-state index contributed by atoms with van der Waals surface area (Å²) in [5.41, 5.74) is 0. The molecule has 0 saturated carbocycles. The SMILES string of the molecule is O=C(SSC(=O)SN1CCCCC1)SN1CCCCC1. The quantitative estimate of drug-likeness (QED) is 0.514. The van der Waals surface area contributed by atoms with Gasteiger partial charge in [-0.25, -0.2) is 8.61 Å². The lowest BCUT2D eigenvalue weighted by Gasteiger charge is -2.24. The summed E-state index contributed by atoms with van der Waals surface area (Å²) < 4.78 is 4.26. The molecular weight excluding hydrogens is 332 g/mol. The Hall–Kier alpha value is 0.660. The first-order valence-electron chi connectivity index (χ1n) is 7.02. The predicted octanol–water partition coefficient (Wildman–Crippen LogP) is 4.88. The van der Waals surface area contributed by atoms with Crippen molar-refractivity contribution in [3.63, 3.8) is 0 Å². The normalized spacial score (nSPS) is 21.8. The van der Waals surface area contributed by atoms with E-state index in [0.29, 0.717) is 0 Å². The average Bonchev–Trinajstić information content (AvgIpc) is 2.47. The van der Waals surface area contributed by atoms with Gasteiger partial charge in [0.2, 0.25) is 0 Å². The molecule has 4 nitrogen and oxygen atoms in total. The molecule has 0 aliphatic carbocycles. The molecule has 0 N–H and O–H groups in total. The van der Waals surface area contributed by atoms with Crippen molar-refractivity contribution >= 4 is 54.4 Å². The first-order chi connectivity index (χ1) is 9.74. The third kappa shape index (κ3) is 6.62. The van der Waals surface area contributed by atoms with Gasteiger partial charge in [-0.3, -0.25) is 9.59 Å². The van der Waals surface area contributed by atoms with E-state index in [4.69, 9.17) is 0 Å². The Morgan fingerprint density at radius 1 is 0.600 bits per heavy atom. The molecule has 0 unspecified atom stereocenters. The fourth-order valence-corrected chi connectivity index (χ4v) is 6.11. The number of rotatable bonds is 2. The third-order valence-corrected chi connectivity index (χ3v) is 7.85. The molecule has 0 radical (unpaired) electrons. The highest BCUT2D eigenvalue weighted by molar-refractivity contribution is 8.93. The molecule has 0 aromatic rings. The molecule has 0 atom stereocenters. The highest BCUT2D eigenvalue weighted by Crippen LogP contribution is 2.36. The Morgan fingerprint density at radius 2 is 0.950 bits per heavy atom. The number of nitrogens with zero attached hydrogens (tertiary/aromatic N) is 2. The van der Waals surface area contributed by atoms with Crippen LogP contribution in [0.1, 0.15) is 38.5 Å². The molecule has 0 aromatic heterocycles. The standard InChI is InChI=1S/C12H20N2O2S4/c15-11(17-13-7-3-1-4-8-13)19-20-12(16)18-14-9-5-2-6-10-14/h1-10H2. The van der Waals surface area contributed by atoms with Crippen molar-refractivity contribution < 1.29 is 9.59 Å². The summed E-state index contributed by atoms with van der Waals surface area (Å²) in [6.07, 6.45) is 7.20. The Kier molecular flexibility index (Phi) is 8.20. The van der Waals surface area contributed by atoms with Gasteiger partial charge < -0.3 is 0 Å². The Labute approximate surface area is 137 Å². The zero-order chi connectivity index (χ0) is 14.2. The minimum atomic E-state index is 0.0181. The second kappa shape index (κ2) is 9.63. The highest BCUT2D eigenvalue weighted by atomic mass is 33.1. The topological polar surface area (TPSA) is 40.6 Å². The highest BCUT2D eigenvalue weighted by Gasteiger charge is 2.19. The molecule has 2 heterocycles. The fourth-order valence-electron chi connectivity index (χ4n) is 2.22. The first kappa shape index (κ1) is 17.0. The van der Waals surface area contributed by atoms with Crippen molar-refractivity contribution in [1.29, 1.82) is 0 Å². The second-order valence-electron chi connectivity index (χ2n) is 4.83. The van der Waals surface area contributed by atoms with E-state index < -0.39 is 0 Å². The van der Waals surface area contributed by atoms with Gasteiger partial charge >= 0.3 is 0 Å². The van der Waals surface area contributed by atoms with Crippen LogP contribution >= 0.6 is 45.5 Å². The second-order valence-corrected chi connectivity index (χ2v) is 9.56. The van der Waals surface area contributed by atoms with Gasteiger partial charge in [0.15, 0.2) is 0 Å². The van der Waals surface area contributed by atoms with E-state index in [1.165, 1.54) is 62.4 Å². The van der Waals surface area contributed by atoms with E-state index in [0.717, 1.165) is 47.8 Å². The Bertz CT molecular complexity index is 299. The molecule has 20 heavy (non-hydrogen) atoms. The van der Waals surface area contributed by atoms with Crippen LogP contribution in [0.4, 0.5) is 9.59 Å². The summed E-state index contributed by atoms with van der Waals surface area (Å²) in [5.74, 6) is 0. The van der Waals surface area contributed by atoms with Crippen LogP contribution in [-0.2, 0) is 0 Å².